The Labute approximate surface area is 486 Å². The smallest absolute Gasteiger partial charge is 0.380 e. The summed E-state index contributed by atoms with van der Waals surface area (Å²) >= 11 is 1.92. The first-order valence-electron chi connectivity index (χ1n) is 27.7. The van der Waals surface area contributed by atoms with Gasteiger partial charge >= 0.3 is 17.8 Å². The van der Waals surface area contributed by atoms with Crippen LogP contribution in [0, 0.1) is 49.4 Å². The summed E-state index contributed by atoms with van der Waals surface area (Å²) in [5.41, 5.74) is 3.41. The van der Waals surface area contributed by atoms with Crippen molar-refractivity contribution in [3.8, 4) is 66.2 Å². The van der Waals surface area contributed by atoms with E-state index in [1.165, 1.54) is 45.6 Å². The van der Waals surface area contributed by atoms with E-state index in [4.69, 9.17) is 18.9 Å². The van der Waals surface area contributed by atoms with Crippen LogP contribution in [-0.2, 0) is 10.8 Å². The molecule has 5 aliphatic carbocycles. The summed E-state index contributed by atoms with van der Waals surface area (Å²) < 4.78 is 121. The van der Waals surface area contributed by atoms with Crippen molar-refractivity contribution in [3.63, 3.8) is 0 Å². The summed E-state index contributed by atoms with van der Waals surface area (Å²) in [6.07, 6.45) is 6.41. The Balaban J connectivity index is 0.835. The summed E-state index contributed by atoms with van der Waals surface area (Å²) in [5, 5.41) is 3.25. The Bertz CT molecular complexity index is 4220. The van der Waals surface area contributed by atoms with Gasteiger partial charge < -0.3 is 18.9 Å². The second kappa shape index (κ2) is 20.2. The summed E-state index contributed by atoms with van der Waals surface area (Å²) in [5.74, 6) is 0.0816. The van der Waals surface area contributed by atoms with E-state index in [0.29, 0.717) is 44.2 Å². The largest absolute Gasteiger partial charge is 0.496 e. The van der Waals surface area contributed by atoms with Crippen LogP contribution in [0.3, 0.4) is 0 Å². The van der Waals surface area contributed by atoms with Crippen LogP contribution in [-0.4, -0.2) is 46.2 Å². The Hall–Kier alpha value is -7.90. The number of allylic oxidation sites excluding steroid dienone is 2. The maximum atomic E-state index is 16.6. The van der Waals surface area contributed by atoms with Crippen LogP contribution in [0.1, 0.15) is 94.2 Å². The molecule has 4 nitrogen and oxygen atoms in total. The molecule has 4 bridgehead atoms. The van der Waals surface area contributed by atoms with Crippen LogP contribution in [0.4, 0.5) is 26.3 Å². The number of alkyl halides is 6. The van der Waals surface area contributed by atoms with Crippen molar-refractivity contribution in [1.29, 1.82) is 0 Å². The van der Waals surface area contributed by atoms with Gasteiger partial charge in [-0.3, -0.25) is 0 Å². The second-order valence-corrected chi connectivity index (χ2v) is 24.7. The van der Waals surface area contributed by atoms with Gasteiger partial charge in [0.1, 0.15) is 11.5 Å². The number of rotatable bonds is 10. The lowest BCUT2D eigenvalue weighted by atomic mass is 9.41. The lowest BCUT2D eigenvalue weighted by Crippen LogP contribution is -2.55. The van der Waals surface area contributed by atoms with Crippen LogP contribution in [0.5, 0.6) is 21.6 Å². The molecule has 0 aliphatic heterocycles. The molecule has 4 fully saturated rings. The Morgan fingerprint density at radius 3 is 1.29 bits per heavy atom. The maximum absolute atomic E-state index is 16.6. The zero-order chi connectivity index (χ0) is 57.8. The van der Waals surface area contributed by atoms with Gasteiger partial charge in [-0.15, -0.1) is 0 Å². The first-order valence-corrected chi connectivity index (χ1v) is 29.3. The Morgan fingerprint density at radius 2 is 0.855 bits per heavy atom. The third-order valence-corrected chi connectivity index (χ3v) is 20.7. The predicted octanol–water partition coefficient (Wildman–Crippen LogP) is 18.5. The normalized spacial score (nSPS) is 21.6. The minimum atomic E-state index is -5.77. The summed E-state index contributed by atoms with van der Waals surface area (Å²) in [7, 11) is 5.80. The predicted molar refractivity (Wildman–Crippen MR) is 321 cm³/mol. The molecule has 0 N–H and O–H groups in total. The molecule has 4 saturated carbocycles. The molecule has 12 heteroatoms. The Kier molecular flexibility index (Phi) is 13.2. The lowest BCUT2D eigenvalue weighted by Gasteiger charge is -2.63. The molecule has 5 aliphatic rings. The van der Waals surface area contributed by atoms with E-state index in [1.54, 1.807) is 44.6 Å². The minimum absolute atomic E-state index is 0.0539. The quantitative estimate of drug-likeness (QED) is 0.0777. The fraction of sp³-hybridized carbons (Fsp3) is 0.268. The first-order chi connectivity index (χ1) is 40.0. The molecule has 0 radical (unpaired) electrons. The van der Waals surface area contributed by atoms with Crippen LogP contribution in [0.2, 0.25) is 0 Å². The molecule has 2 heterocycles. The third kappa shape index (κ3) is 8.40. The highest BCUT2D eigenvalue weighted by atomic mass is 32.1. The summed E-state index contributed by atoms with van der Waals surface area (Å²) in [4.78, 5) is 0.896. The topological polar surface area (TPSA) is 36.9 Å². The van der Waals surface area contributed by atoms with E-state index in [9.17, 15) is 0 Å². The SMILES string of the molecule is COc1sc(-c2ccccc2)c(C)c1C1=C(c2c(OC)sc(-c3ccc(C45CC6CC(CC(c7ccc(C#Cc8c9cccc(OC)c9c(C#Cc9ccccc9)c9cccc(OC)c89)cc7)(C6)C4)C5)cc3)c2C)C(F)(F)C(F)(F)C1(F)F. The number of hydrogen-bond donors (Lipinski definition) is 0. The number of ether oxygens (including phenoxy) is 4. The number of methoxy groups -OCH3 is 4. The molecular formula is C71H56F6O4S2. The number of fused-ring (bicyclic) bond motifs is 2. The molecule has 83 heavy (non-hydrogen) atoms. The first kappa shape index (κ1) is 54.4. The summed E-state index contributed by atoms with van der Waals surface area (Å²) in [6.45, 7) is 2.99. The third-order valence-electron chi connectivity index (χ3n) is 18.1. The molecule has 9 aromatic rings. The lowest BCUT2D eigenvalue weighted by molar-refractivity contribution is -0.254. The van der Waals surface area contributed by atoms with Crippen molar-refractivity contribution in [3.05, 3.63) is 201 Å². The van der Waals surface area contributed by atoms with Gasteiger partial charge in [0.15, 0.2) is 10.1 Å². The monoisotopic (exact) mass is 1150 g/mol. The molecule has 418 valence electrons. The van der Waals surface area contributed by atoms with Crippen molar-refractivity contribution >= 4 is 55.4 Å². The molecule has 0 spiro atoms. The van der Waals surface area contributed by atoms with Crippen molar-refractivity contribution in [2.45, 2.75) is 81.0 Å². The minimum Gasteiger partial charge on any atom is -0.496 e. The van der Waals surface area contributed by atoms with Gasteiger partial charge in [-0.1, -0.05) is 156 Å². The van der Waals surface area contributed by atoms with E-state index in [-0.39, 0.29) is 32.1 Å². The summed E-state index contributed by atoms with van der Waals surface area (Å²) in [6, 6.07) is 47.5. The zero-order valence-corrected chi connectivity index (χ0v) is 48.1. The van der Waals surface area contributed by atoms with E-state index < -0.39 is 40.0 Å². The van der Waals surface area contributed by atoms with Gasteiger partial charge in [-0.25, -0.2) is 0 Å². The molecule has 7 aromatic carbocycles. The molecule has 0 amide bonds. The van der Waals surface area contributed by atoms with Gasteiger partial charge in [0, 0.05) is 75.8 Å². The van der Waals surface area contributed by atoms with Crippen molar-refractivity contribution < 1.29 is 45.3 Å². The molecule has 14 rings (SSSR count). The number of benzene rings is 7. The highest BCUT2D eigenvalue weighted by Crippen LogP contribution is 2.70. The fourth-order valence-electron chi connectivity index (χ4n) is 14.8. The fourth-order valence-corrected chi connectivity index (χ4v) is 17.1. The average Bonchev–Trinajstić information content (AvgIpc) is 2.18. The van der Waals surface area contributed by atoms with E-state index in [2.05, 4.69) is 72.2 Å². The van der Waals surface area contributed by atoms with Crippen LogP contribution >= 0.6 is 22.7 Å². The van der Waals surface area contributed by atoms with Gasteiger partial charge in [-0.2, -0.15) is 26.3 Å². The average molecular weight is 1150 g/mol. The number of halogens is 6. The van der Waals surface area contributed by atoms with E-state index in [0.717, 1.165) is 98.6 Å². The van der Waals surface area contributed by atoms with Crippen molar-refractivity contribution in [2.24, 2.45) is 11.8 Å². The van der Waals surface area contributed by atoms with Gasteiger partial charge in [-0.05, 0) is 145 Å². The van der Waals surface area contributed by atoms with Crippen molar-refractivity contribution in [1.82, 2.24) is 0 Å². The highest BCUT2D eigenvalue weighted by molar-refractivity contribution is 7.18. The van der Waals surface area contributed by atoms with E-state index in [1.807, 2.05) is 66.7 Å². The molecule has 2 aromatic heterocycles. The standard InChI is InChI=1S/C71H56F6O4S2/c1-41-57(65(80-5)82-63(41)47-17-11-8-12-18-47)61-62(70(74,75)71(76,77)69(61,72)73)58-42(2)64(83-66(58)81-6)48-27-31-50(32-28-48)68-38-45-35-46(39-68)37-67(36-45,40-68)49-29-23-44(24-30-49)26-34-54-52-20-14-21-55(78-3)59(52)53(33-25-43-15-9-7-10-16-43)51-19-13-22-56(79-4)60(51)54/h7-24,27-32,45-46H,35-40H2,1-6H3. The van der Waals surface area contributed by atoms with Gasteiger partial charge in [0.25, 0.3) is 0 Å². The van der Waals surface area contributed by atoms with Gasteiger partial charge in [0.2, 0.25) is 0 Å². The van der Waals surface area contributed by atoms with Crippen LogP contribution in [0.25, 0.3) is 53.6 Å². The molecule has 2 atom stereocenters. The molecular weight excluding hydrogens is 1090 g/mol. The van der Waals surface area contributed by atoms with Gasteiger partial charge in [0.05, 0.1) is 28.4 Å². The Morgan fingerprint density at radius 1 is 0.446 bits per heavy atom. The van der Waals surface area contributed by atoms with Crippen LogP contribution < -0.4 is 18.9 Å². The van der Waals surface area contributed by atoms with E-state index >= 15 is 26.3 Å². The van der Waals surface area contributed by atoms with Crippen LogP contribution in [0.15, 0.2) is 146 Å². The molecule has 2 unspecified atom stereocenters. The number of hydrogen-bond acceptors (Lipinski definition) is 6. The zero-order valence-electron chi connectivity index (χ0n) is 46.5. The number of thiophene rings is 2. The highest BCUT2D eigenvalue weighted by Gasteiger charge is 2.81. The van der Waals surface area contributed by atoms with Crippen molar-refractivity contribution in [2.75, 3.05) is 28.4 Å². The maximum Gasteiger partial charge on any atom is 0.380 e. The molecule has 0 saturated heterocycles. The second-order valence-electron chi connectivity index (χ2n) is 22.7.